The molecule has 21 heavy (non-hydrogen) atoms. The highest BCUT2D eigenvalue weighted by Gasteiger charge is 2.73. The first-order valence-corrected chi connectivity index (χ1v) is 6.98. The van der Waals surface area contributed by atoms with Crippen molar-refractivity contribution in [1.82, 2.24) is 9.80 Å². The summed E-state index contributed by atoms with van der Waals surface area (Å²) in [6.45, 7) is 1.61. The van der Waals surface area contributed by atoms with E-state index in [9.17, 15) is 19.8 Å². The van der Waals surface area contributed by atoms with Gasteiger partial charge in [0.05, 0.1) is 30.0 Å². The third-order valence-corrected chi connectivity index (χ3v) is 5.49. The first-order chi connectivity index (χ1) is 9.85. The number of nitrogens with two attached hydrogens (primary N) is 1. The summed E-state index contributed by atoms with van der Waals surface area (Å²) >= 11 is 0. The molecule has 3 heterocycles. The average Bonchev–Trinajstić information content (AvgIpc) is 2.86. The van der Waals surface area contributed by atoms with Crippen molar-refractivity contribution in [3.05, 3.63) is 22.5 Å². The van der Waals surface area contributed by atoms with Crippen LogP contribution in [-0.4, -0.2) is 69.6 Å². The molecule has 4 aliphatic rings. The number of rotatable bonds is 1. The van der Waals surface area contributed by atoms with Gasteiger partial charge in [-0.15, -0.1) is 0 Å². The number of ketones is 2. The number of carbonyl (C=O) groups excluding carboxylic acids is 2. The van der Waals surface area contributed by atoms with Crippen LogP contribution in [-0.2, 0) is 9.59 Å². The maximum absolute atomic E-state index is 12.5. The lowest BCUT2D eigenvalue weighted by molar-refractivity contribution is -0.126. The Bertz CT molecular complexity index is 641. The van der Waals surface area contributed by atoms with E-state index in [4.69, 9.17) is 5.73 Å². The van der Waals surface area contributed by atoms with E-state index in [-0.39, 0.29) is 40.4 Å². The minimum absolute atomic E-state index is 0.0809. The molecule has 0 bridgehead atoms. The van der Waals surface area contributed by atoms with Gasteiger partial charge in [-0.1, -0.05) is 0 Å². The monoisotopic (exact) mass is 291 g/mol. The van der Waals surface area contributed by atoms with E-state index in [1.165, 1.54) is 6.92 Å². The molecular formula is C14H17N3O4. The van der Waals surface area contributed by atoms with Crippen molar-refractivity contribution in [3.63, 3.8) is 0 Å². The summed E-state index contributed by atoms with van der Waals surface area (Å²) in [5.74, 6) is -1.56. The largest absolute Gasteiger partial charge is 0.396 e. The number of hydrogen-bond donors (Lipinski definition) is 3. The summed E-state index contributed by atoms with van der Waals surface area (Å²) in [7, 11) is 1.89. The maximum Gasteiger partial charge on any atom is 0.207 e. The van der Waals surface area contributed by atoms with Gasteiger partial charge in [0.1, 0.15) is 0 Å². The van der Waals surface area contributed by atoms with E-state index >= 15 is 0 Å². The molecule has 0 aromatic carbocycles. The Morgan fingerprint density at radius 3 is 2.67 bits per heavy atom. The van der Waals surface area contributed by atoms with Crippen LogP contribution >= 0.6 is 0 Å². The van der Waals surface area contributed by atoms with E-state index in [1.807, 2.05) is 11.9 Å². The SMILES string of the molecule is CC1=C(N)C(=O)C2=C(C1=O)N1C[C@@H]3[C@H](N3C)[C@]1(O)[C@H]2CO. The molecule has 3 aliphatic heterocycles. The number of aliphatic hydroxyl groups excluding tert-OH is 1. The molecular weight excluding hydrogens is 274 g/mol. The Hall–Kier alpha value is -1.70. The molecule has 0 spiro atoms. The van der Waals surface area contributed by atoms with Crippen molar-refractivity contribution < 1.29 is 19.8 Å². The zero-order valence-corrected chi connectivity index (χ0v) is 11.8. The molecule has 112 valence electrons. The van der Waals surface area contributed by atoms with Gasteiger partial charge in [0.15, 0.2) is 5.72 Å². The molecule has 0 amide bonds. The third kappa shape index (κ3) is 1.18. The number of piperazine rings is 1. The van der Waals surface area contributed by atoms with Crippen LogP contribution < -0.4 is 5.73 Å². The van der Waals surface area contributed by atoms with Crippen LogP contribution in [0.15, 0.2) is 22.5 Å². The Kier molecular flexibility index (Phi) is 2.19. The Balaban J connectivity index is 1.89. The van der Waals surface area contributed by atoms with Gasteiger partial charge < -0.3 is 20.8 Å². The zero-order chi connectivity index (χ0) is 15.3. The second kappa shape index (κ2) is 3.55. The molecule has 0 aromatic heterocycles. The van der Waals surface area contributed by atoms with Crippen LogP contribution in [0.2, 0.25) is 0 Å². The topological polar surface area (TPSA) is 107 Å². The fourth-order valence-corrected chi connectivity index (χ4v) is 4.25. The normalized spacial score (nSPS) is 44.3. The second-order valence-electron chi connectivity index (χ2n) is 6.27. The van der Waals surface area contributed by atoms with Crippen LogP contribution in [0.25, 0.3) is 0 Å². The molecule has 7 nitrogen and oxygen atoms in total. The van der Waals surface area contributed by atoms with Gasteiger partial charge in [0, 0.05) is 23.7 Å². The number of fused-ring (bicyclic) bond motifs is 4. The van der Waals surface area contributed by atoms with Gasteiger partial charge in [0.25, 0.3) is 0 Å². The van der Waals surface area contributed by atoms with Gasteiger partial charge in [-0.05, 0) is 14.0 Å². The molecule has 0 saturated carbocycles. The molecule has 4 rings (SSSR count). The van der Waals surface area contributed by atoms with Crippen molar-refractivity contribution in [2.24, 2.45) is 11.7 Å². The number of aliphatic hydroxyl groups is 2. The number of Topliss-reactive ketones (excluding diaryl/α,β-unsaturated/α-hetero) is 2. The lowest BCUT2D eigenvalue weighted by atomic mass is 9.83. The fraction of sp³-hybridized carbons (Fsp3) is 0.571. The molecule has 2 saturated heterocycles. The summed E-state index contributed by atoms with van der Waals surface area (Å²) < 4.78 is 0. The van der Waals surface area contributed by atoms with Crippen molar-refractivity contribution in [1.29, 1.82) is 0 Å². The summed E-state index contributed by atoms with van der Waals surface area (Å²) in [6, 6.07) is -0.00746. The number of nitrogens with zero attached hydrogens (tertiary/aromatic N) is 2. The van der Waals surface area contributed by atoms with Crippen LogP contribution in [0.4, 0.5) is 0 Å². The Morgan fingerprint density at radius 1 is 1.38 bits per heavy atom. The third-order valence-electron chi connectivity index (χ3n) is 5.49. The smallest absolute Gasteiger partial charge is 0.207 e. The number of carbonyl (C=O) groups is 2. The minimum atomic E-state index is -1.39. The molecule has 7 heteroatoms. The summed E-state index contributed by atoms with van der Waals surface area (Å²) in [6.07, 6.45) is 0. The lowest BCUT2D eigenvalue weighted by Gasteiger charge is -2.37. The molecule has 0 radical (unpaired) electrons. The summed E-state index contributed by atoms with van der Waals surface area (Å²) in [4.78, 5) is 28.6. The van der Waals surface area contributed by atoms with E-state index in [1.54, 1.807) is 4.90 Å². The summed E-state index contributed by atoms with van der Waals surface area (Å²) in [5.41, 5.74) is 4.88. The lowest BCUT2D eigenvalue weighted by Crippen LogP contribution is -2.53. The average molecular weight is 291 g/mol. The van der Waals surface area contributed by atoms with Crippen molar-refractivity contribution in [2.45, 2.75) is 24.7 Å². The Morgan fingerprint density at radius 2 is 2.05 bits per heavy atom. The van der Waals surface area contributed by atoms with Crippen LogP contribution in [0.3, 0.4) is 0 Å². The molecule has 5 atom stereocenters. The van der Waals surface area contributed by atoms with Gasteiger partial charge in [0.2, 0.25) is 11.6 Å². The zero-order valence-electron chi connectivity index (χ0n) is 11.8. The maximum atomic E-state index is 12.5. The molecule has 1 aliphatic carbocycles. The van der Waals surface area contributed by atoms with Gasteiger partial charge in [-0.3, -0.25) is 14.5 Å². The molecule has 4 N–H and O–H groups in total. The highest BCUT2D eigenvalue weighted by Crippen LogP contribution is 2.57. The number of allylic oxidation sites excluding steroid dienone is 2. The Labute approximate surface area is 121 Å². The van der Waals surface area contributed by atoms with Crippen LogP contribution in [0.5, 0.6) is 0 Å². The van der Waals surface area contributed by atoms with Crippen LogP contribution in [0.1, 0.15) is 6.92 Å². The van der Waals surface area contributed by atoms with E-state index in [2.05, 4.69) is 0 Å². The second-order valence-corrected chi connectivity index (χ2v) is 6.27. The van der Waals surface area contributed by atoms with Crippen molar-refractivity contribution in [2.75, 3.05) is 20.2 Å². The quantitative estimate of drug-likeness (QED) is 0.376. The van der Waals surface area contributed by atoms with E-state index in [0.717, 1.165) is 0 Å². The number of hydrogen-bond acceptors (Lipinski definition) is 7. The van der Waals surface area contributed by atoms with Crippen molar-refractivity contribution in [3.8, 4) is 0 Å². The van der Waals surface area contributed by atoms with Gasteiger partial charge in [-0.25, -0.2) is 0 Å². The predicted octanol–water partition coefficient (Wildman–Crippen LogP) is -2.07. The van der Waals surface area contributed by atoms with Gasteiger partial charge in [-0.2, -0.15) is 0 Å². The highest BCUT2D eigenvalue weighted by atomic mass is 16.3. The minimum Gasteiger partial charge on any atom is -0.396 e. The molecule has 2 fully saturated rings. The molecule has 0 aromatic rings. The fourth-order valence-electron chi connectivity index (χ4n) is 4.25. The van der Waals surface area contributed by atoms with Gasteiger partial charge >= 0.3 is 0 Å². The van der Waals surface area contributed by atoms with Crippen LogP contribution in [0, 0.1) is 5.92 Å². The predicted molar refractivity (Wildman–Crippen MR) is 71.5 cm³/mol. The first-order valence-electron chi connectivity index (χ1n) is 6.98. The highest BCUT2D eigenvalue weighted by molar-refractivity contribution is 6.25. The molecule has 1 unspecified atom stereocenters. The van der Waals surface area contributed by atoms with E-state index in [0.29, 0.717) is 6.54 Å². The van der Waals surface area contributed by atoms with Crippen molar-refractivity contribution >= 4 is 11.6 Å². The first kappa shape index (κ1) is 13.0. The number of likely N-dealkylation sites (N-methyl/N-ethyl adjacent to an activating group) is 1. The standard InChI is InChI=1S/C14H17N3O4/c1-5-9(15)12(20)8-6(4-18)14(21)13-7(16(13)2)3-17(14)10(8)11(5)19/h6-7,13,18,21H,3-4,15H2,1-2H3/t6-,7+,13-,14+,16?/m0/s1. The summed E-state index contributed by atoms with van der Waals surface area (Å²) in [5, 5.41) is 20.9. The van der Waals surface area contributed by atoms with E-state index < -0.39 is 24.0 Å².